The van der Waals surface area contributed by atoms with Crippen LogP contribution in [0.1, 0.15) is 47.0 Å². The molecule has 0 spiro atoms. The van der Waals surface area contributed by atoms with E-state index < -0.39 is 0 Å². The van der Waals surface area contributed by atoms with E-state index in [-0.39, 0.29) is 5.41 Å². The molecule has 3 saturated carbocycles. The van der Waals surface area contributed by atoms with E-state index in [1.54, 1.807) is 5.57 Å². The maximum Gasteiger partial charge on any atom is 0.143 e. The molecule has 0 aromatic rings. The highest BCUT2D eigenvalue weighted by molar-refractivity contribution is 5.93. The van der Waals surface area contributed by atoms with Crippen molar-refractivity contribution in [2.45, 2.75) is 47.0 Å². The Labute approximate surface area is 98.3 Å². The van der Waals surface area contributed by atoms with E-state index in [2.05, 4.69) is 27.7 Å². The zero-order chi connectivity index (χ0) is 11.7. The van der Waals surface area contributed by atoms with Gasteiger partial charge >= 0.3 is 0 Å². The number of Topliss-reactive ketones (excluding diaryl/α,β-unsaturated/α-hetero) is 1. The van der Waals surface area contributed by atoms with Gasteiger partial charge in [0.15, 0.2) is 0 Å². The quantitative estimate of drug-likeness (QED) is 0.568. The fraction of sp³-hybridized carbons (Fsp3) is 0.800. The zero-order valence-corrected chi connectivity index (χ0v) is 10.8. The van der Waals surface area contributed by atoms with Crippen LogP contribution >= 0.6 is 0 Å². The zero-order valence-electron chi connectivity index (χ0n) is 10.8. The van der Waals surface area contributed by atoms with Gasteiger partial charge < -0.3 is 0 Å². The Bertz CT molecular complexity index is 388. The summed E-state index contributed by atoms with van der Waals surface area (Å²) >= 11 is 0. The first-order valence-electron chi connectivity index (χ1n) is 6.67. The molecule has 4 bridgehead atoms. The van der Waals surface area contributed by atoms with Crippen molar-refractivity contribution in [1.82, 2.24) is 0 Å². The fourth-order valence-corrected chi connectivity index (χ4v) is 4.81. The maximum absolute atomic E-state index is 12.5. The Morgan fingerprint density at radius 3 is 2.56 bits per heavy atom. The predicted octanol–water partition coefficient (Wildman–Crippen LogP) is 3.59. The van der Waals surface area contributed by atoms with E-state index >= 15 is 0 Å². The van der Waals surface area contributed by atoms with Gasteiger partial charge in [0.2, 0.25) is 0 Å². The van der Waals surface area contributed by atoms with Gasteiger partial charge in [0.05, 0.1) is 0 Å². The standard InChI is InChI=1S/C15H22O/c1-8(2)10-7-15(4)11-6-5-9(3)12(13(10)11)14(15)16/h9,11-13H,5-7H2,1-4H3/t9-,11-,12-,13+,15-/m0/s1. The molecule has 88 valence electrons. The number of hydrogen-bond donors (Lipinski definition) is 0. The van der Waals surface area contributed by atoms with E-state index in [1.165, 1.54) is 18.4 Å². The maximum atomic E-state index is 12.5. The summed E-state index contributed by atoms with van der Waals surface area (Å²) in [5.74, 6) is 2.86. The summed E-state index contributed by atoms with van der Waals surface area (Å²) in [6.07, 6.45) is 3.61. The Balaban J connectivity index is 2.14. The average molecular weight is 218 g/mol. The molecular formula is C15H22O. The topological polar surface area (TPSA) is 17.1 Å². The molecule has 3 rings (SSSR count). The lowest BCUT2D eigenvalue weighted by atomic mass is 9.70. The van der Waals surface area contributed by atoms with Crippen molar-refractivity contribution in [3.63, 3.8) is 0 Å². The van der Waals surface area contributed by atoms with Gasteiger partial charge in [-0.25, -0.2) is 0 Å². The molecule has 1 heteroatoms. The lowest BCUT2D eigenvalue weighted by Crippen LogP contribution is -2.33. The first-order valence-corrected chi connectivity index (χ1v) is 6.67. The van der Waals surface area contributed by atoms with Gasteiger partial charge in [-0.2, -0.15) is 0 Å². The minimum absolute atomic E-state index is 0.00664. The second-order valence-corrected chi connectivity index (χ2v) is 6.70. The first kappa shape index (κ1) is 10.6. The third-order valence-corrected chi connectivity index (χ3v) is 5.65. The SMILES string of the molecule is CC(C)=C1C[C@]2(C)C(=O)[C@@H]3[C@H]1[C@@H]2CC[C@@H]3C. The van der Waals surface area contributed by atoms with Crippen LogP contribution in [0.15, 0.2) is 11.1 Å². The van der Waals surface area contributed by atoms with E-state index in [9.17, 15) is 4.79 Å². The number of carbonyl (C=O) groups excluding carboxylic acids is 1. The average Bonchev–Trinajstić information content (AvgIpc) is 2.59. The highest BCUT2D eigenvalue weighted by atomic mass is 16.1. The second kappa shape index (κ2) is 3.00. The summed E-state index contributed by atoms with van der Waals surface area (Å²) in [7, 11) is 0. The summed E-state index contributed by atoms with van der Waals surface area (Å²) in [6, 6.07) is 0. The summed E-state index contributed by atoms with van der Waals surface area (Å²) in [5, 5.41) is 0. The van der Waals surface area contributed by atoms with Crippen molar-refractivity contribution in [3.8, 4) is 0 Å². The number of rotatable bonds is 0. The smallest absolute Gasteiger partial charge is 0.143 e. The van der Waals surface area contributed by atoms with Gasteiger partial charge in [0.1, 0.15) is 5.78 Å². The van der Waals surface area contributed by atoms with E-state index in [0.29, 0.717) is 29.5 Å². The minimum atomic E-state index is 0.00664. The summed E-state index contributed by atoms with van der Waals surface area (Å²) < 4.78 is 0. The van der Waals surface area contributed by atoms with Crippen molar-refractivity contribution in [3.05, 3.63) is 11.1 Å². The molecule has 5 atom stereocenters. The lowest BCUT2D eigenvalue weighted by Gasteiger charge is -2.33. The van der Waals surface area contributed by atoms with Gasteiger partial charge in [-0.3, -0.25) is 4.79 Å². The van der Waals surface area contributed by atoms with Crippen LogP contribution in [-0.4, -0.2) is 5.78 Å². The molecule has 0 N–H and O–H groups in total. The van der Waals surface area contributed by atoms with Crippen LogP contribution in [0.5, 0.6) is 0 Å². The van der Waals surface area contributed by atoms with Gasteiger partial charge in [-0.05, 0) is 50.9 Å². The minimum Gasteiger partial charge on any atom is -0.299 e. The second-order valence-electron chi connectivity index (χ2n) is 6.70. The van der Waals surface area contributed by atoms with Crippen molar-refractivity contribution in [1.29, 1.82) is 0 Å². The molecule has 16 heavy (non-hydrogen) atoms. The Morgan fingerprint density at radius 2 is 1.94 bits per heavy atom. The van der Waals surface area contributed by atoms with Gasteiger partial charge in [-0.1, -0.05) is 25.0 Å². The van der Waals surface area contributed by atoms with Crippen molar-refractivity contribution in [2.24, 2.45) is 29.1 Å². The summed E-state index contributed by atoms with van der Waals surface area (Å²) in [4.78, 5) is 12.5. The lowest BCUT2D eigenvalue weighted by molar-refractivity contribution is -0.130. The normalized spacial score (nSPS) is 50.0. The van der Waals surface area contributed by atoms with Crippen LogP contribution in [0, 0.1) is 29.1 Å². The van der Waals surface area contributed by atoms with Gasteiger partial charge in [-0.15, -0.1) is 0 Å². The van der Waals surface area contributed by atoms with Crippen LogP contribution in [0.2, 0.25) is 0 Å². The van der Waals surface area contributed by atoms with Crippen LogP contribution in [-0.2, 0) is 4.79 Å². The van der Waals surface area contributed by atoms with E-state index in [4.69, 9.17) is 0 Å². The summed E-state index contributed by atoms with van der Waals surface area (Å²) in [6.45, 7) is 8.97. The van der Waals surface area contributed by atoms with Crippen LogP contribution in [0.4, 0.5) is 0 Å². The molecule has 0 amide bonds. The highest BCUT2D eigenvalue weighted by Gasteiger charge is 2.66. The molecule has 1 nitrogen and oxygen atoms in total. The van der Waals surface area contributed by atoms with E-state index in [1.807, 2.05) is 0 Å². The Kier molecular flexibility index (Phi) is 1.98. The summed E-state index contributed by atoms with van der Waals surface area (Å²) in [5.41, 5.74) is 3.11. The largest absolute Gasteiger partial charge is 0.299 e. The van der Waals surface area contributed by atoms with Crippen molar-refractivity contribution >= 4 is 5.78 Å². The molecule has 3 fully saturated rings. The molecule has 0 aliphatic heterocycles. The highest BCUT2D eigenvalue weighted by Crippen LogP contribution is 2.67. The van der Waals surface area contributed by atoms with Crippen LogP contribution < -0.4 is 0 Å². The molecule has 0 unspecified atom stereocenters. The number of allylic oxidation sites excluding steroid dienone is 2. The molecule has 0 saturated heterocycles. The Hall–Kier alpha value is -0.590. The van der Waals surface area contributed by atoms with Gasteiger partial charge in [0.25, 0.3) is 0 Å². The van der Waals surface area contributed by atoms with Crippen LogP contribution in [0.3, 0.4) is 0 Å². The van der Waals surface area contributed by atoms with Crippen molar-refractivity contribution in [2.75, 3.05) is 0 Å². The molecule has 3 aliphatic carbocycles. The molecule has 0 aromatic heterocycles. The fourth-order valence-electron chi connectivity index (χ4n) is 4.81. The number of carbonyl (C=O) groups is 1. The third-order valence-electron chi connectivity index (χ3n) is 5.65. The van der Waals surface area contributed by atoms with Crippen LogP contribution in [0.25, 0.3) is 0 Å². The predicted molar refractivity (Wildman–Crippen MR) is 65.0 cm³/mol. The van der Waals surface area contributed by atoms with Gasteiger partial charge in [0, 0.05) is 11.3 Å². The molecule has 0 aromatic carbocycles. The molecule has 0 radical (unpaired) electrons. The number of ketones is 1. The van der Waals surface area contributed by atoms with E-state index in [0.717, 1.165) is 6.42 Å². The monoisotopic (exact) mass is 218 g/mol. The first-order chi connectivity index (χ1) is 7.47. The molecule has 0 heterocycles. The number of hydrogen-bond acceptors (Lipinski definition) is 1. The Morgan fingerprint density at radius 1 is 1.25 bits per heavy atom. The van der Waals surface area contributed by atoms with Crippen molar-refractivity contribution < 1.29 is 4.79 Å². The third kappa shape index (κ3) is 1.00. The molecule has 3 aliphatic rings. The molecular weight excluding hydrogens is 196 g/mol.